The normalized spacial score (nSPS) is 11.3. The number of amides is 1. The second kappa shape index (κ2) is 6.21. The first-order chi connectivity index (χ1) is 10.6. The van der Waals surface area contributed by atoms with Crippen LogP contribution in [0.3, 0.4) is 0 Å². The highest BCUT2D eigenvalue weighted by Gasteiger charge is 2.19. The Bertz CT molecular complexity index is 900. The van der Waals surface area contributed by atoms with E-state index in [0.29, 0.717) is 6.07 Å². The lowest BCUT2D eigenvalue weighted by Gasteiger charge is -2.09. The third-order valence-electron chi connectivity index (χ3n) is 2.89. The van der Waals surface area contributed by atoms with E-state index in [2.05, 4.69) is 0 Å². The fraction of sp³-hybridized carbons (Fsp3) is 0.0714. The average molecular weight is 364 g/mol. The van der Waals surface area contributed by atoms with Crippen LogP contribution in [0, 0.1) is 17.5 Å². The van der Waals surface area contributed by atoms with Crippen molar-refractivity contribution in [1.29, 1.82) is 0 Å². The number of hydrogen-bond donors (Lipinski definition) is 1. The van der Waals surface area contributed by atoms with Crippen molar-refractivity contribution in [1.82, 2.24) is 0 Å². The molecule has 0 bridgehead atoms. The van der Waals surface area contributed by atoms with E-state index in [9.17, 15) is 26.4 Å². The first kappa shape index (κ1) is 17.3. The summed E-state index contributed by atoms with van der Waals surface area (Å²) < 4.78 is 62.5. The topological polar surface area (TPSA) is 63.2 Å². The zero-order valence-corrected chi connectivity index (χ0v) is 13.1. The lowest BCUT2D eigenvalue weighted by Crippen LogP contribution is -2.15. The van der Waals surface area contributed by atoms with Crippen molar-refractivity contribution in [3.63, 3.8) is 0 Å². The highest BCUT2D eigenvalue weighted by Crippen LogP contribution is 2.24. The van der Waals surface area contributed by atoms with Gasteiger partial charge in [0.1, 0.15) is 0 Å². The van der Waals surface area contributed by atoms with Gasteiger partial charge in [0.2, 0.25) is 0 Å². The molecule has 122 valence electrons. The van der Waals surface area contributed by atoms with Crippen LogP contribution >= 0.6 is 11.6 Å². The summed E-state index contributed by atoms with van der Waals surface area (Å²) in [5.74, 6) is -5.68. The van der Waals surface area contributed by atoms with Crippen molar-refractivity contribution in [2.24, 2.45) is 0 Å². The van der Waals surface area contributed by atoms with Gasteiger partial charge in [0.15, 0.2) is 27.3 Å². The van der Waals surface area contributed by atoms with Gasteiger partial charge >= 0.3 is 0 Å². The molecule has 0 aromatic heterocycles. The predicted molar refractivity (Wildman–Crippen MR) is 78.8 cm³/mol. The van der Waals surface area contributed by atoms with Crippen LogP contribution in [0.1, 0.15) is 10.4 Å². The van der Waals surface area contributed by atoms with E-state index in [1.807, 2.05) is 5.32 Å². The first-order valence-electron chi connectivity index (χ1n) is 6.05. The molecule has 4 nitrogen and oxygen atoms in total. The molecule has 2 aromatic rings. The molecule has 0 saturated carbocycles. The molecule has 0 aliphatic carbocycles. The number of rotatable bonds is 3. The maximum atomic E-state index is 13.5. The molecule has 0 atom stereocenters. The van der Waals surface area contributed by atoms with Gasteiger partial charge in [0.25, 0.3) is 5.91 Å². The highest BCUT2D eigenvalue weighted by molar-refractivity contribution is 7.90. The molecule has 9 heteroatoms. The Labute approximate surface area is 134 Å². The maximum absolute atomic E-state index is 13.5. The van der Waals surface area contributed by atoms with E-state index in [4.69, 9.17) is 11.6 Å². The summed E-state index contributed by atoms with van der Waals surface area (Å²) in [7, 11) is -3.59. The van der Waals surface area contributed by atoms with Crippen molar-refractivity contribution in [3.8, 4) is 0 Å². The smallest absolute Gasteiger partial charge is 0.257 e. The Morgan fingerprint density at radius 3 is 2.35 bits per heavy atom. The van der Waals surface area contributed by atoms with Crippen LogP contribution in [0.5, 0.6) is 0 Å². The van der Waals surface area contributed by atoms with E-state index < -0.39 is 38.9 Å². The van der Waals surface area contributed by atoms with Crippen molar-refractivity contribution in [2.75, 3.05) is 11.6 Å². The van der Waals surface area contributed by atoms with Crippen molar-refractivity contribution in [2.45, 2.75) is 4.90 Å². The molecule has 0 aliphatic rings. The molecule has 23 heavy (non-hydrogen) atoms. The first-order valence-corrected chi connectivity index (χ1v) is 8.32. The Balaban J connectivity index is 2.41. The van der Waals surface area contributed by atoms with Crippen LogP contribution in [0.2, 0.25) is 5.02 Å². The Morgan fingerprint density at radius 1 is 1.09 bits per heavy atom. The van der Waals surface area contributed by atoms with E-state index >= 15 is 0 Å². The molecule has 0 radical (unpaired) electrons. The largest absolute Gasteiger partial charge is 0.319 e. The molecule has 1 amide bonds. The fourth-order valence-corrected chi connectivity index (χ4v) is 2.57. The molecular formula is C14H9ClF3NO3S. The van der Waals surface area contributed by atoms with E-state index in [-0.39, 0.29) is 15.5 Å². The van der Waals surface area contributed by atoms with E-state index in [1.165, 1.54) is 12.1 Å². The Kier molecular flexibility index (Phi) is 4.67. The van der Waals surface area contributed by atoms with E-state index in [0.717, 1.165) is 18.4 Å². The summed E-state index contributed by atoms with van der Waals surface area (Å²) in [6.45, 7) is 0. The molecule has 0 saturated heterocycles. The van der Waals surface area contributed by atoms with Gasteiger partial charge in [-0.15, -0.1) is 0 Å². The number of hydrogen-bond acceptors (Lipinski definition) is 3. The summed E-state index contributed by atoms with van der Waals surface area (Å²) >= 11 is 5.82. The maximum Gasteiger partial charge on any atom is 0.257 e. The minimum atomic E-state index is -3.59. The van der Waals surface area contributed by atoms with Crippen molar-refractivity contribution >= 4 is 33.0 Å². The molecule has 1 N–H and O–H groups in total. The summed E-state index contributed by atoms with van der Waals surface area (Å²) in [5, 5.41) is 1.93. The zero-order valence-electron chi connectivity index (χ0n) is 11.5. The number of halogens is 4. The van der Waals surface area contributed by atoms with Crippen LogP contribution in [0.25, 0.3) is 0 Å². The van der Waals surface area contributed by atoms with Gasteiger partial charge < -0.3 is 5.32 Å². The summed E-state index contributed by atoms with van der Waals surface area (Å²) in [5.41, 5.74) is -0.853. The Hall–Kier alpha value is -2.06. The summed E-state index contributed by atoms with van der Waals surface area (Å²) in [6.07, 6.45) is 0.937. The number of carbonyl (C=O) groups is 1. The molecule has 0 unspecified atom stereocenters. The second-order valence-electron chi connectivity index (χ2n) is 4.59. The molecule has 2 rings (SSSR count). The van der Waals surface area contributed by atoms with Gasteiger partial charge in [-0.1, -0.05) is 11.6 Å². The van der Waals surface area contributed by atoms with Crippen molar-refractivity contribution in [3.05, 3.63) is 58.4 Å². The third kappa shape index (κ3) is 3.65. The van der Waals surface area contributed by atoms with E-state index in [1.54, 1.807) is 0 Å². The minimum Gasteiger partial charge on any atom is -0.319 e. The van der Waals surface area contributed by atoms with Crippen molar-refractivity contribution < 1.29 is 26.4 Å². The number of sulfone groups is 1. The lowest BCUT2D eigenvalue weighted by molar-refractivity contribution is 0.102. The number of anilines is 1. The van der Waals surface area contributed by atoms with Crippen LogP contribution in [-0.2, 0) is 9.84 Å². The number of carbonyl (C=O) groups excluding carboxylic acids is 1. The fourth-order valence-electron chi connectivity index (χ4n) is 1.72. The highest BCUT2D eigenvalue weighted by atomic mass is 35.5. The monoisotopic (exact) mass is 363 g/mol. The SMILES string of the molecule is CS(=O)(=O)c1ccc(Cl)c(C(=O)Nc2ccc(F)c(F)c2F)c1. The zero-order chi connectivity index (χ0) is 17.4. The van der Waals surface area contributed by atoms with Crippen LogP contribution in [0.15, 0.2) is 35.2 Å². The van der Waals surface area contributed by atoms with Gasteiger partial charge in [-0.05, 0) is 30.3 Å². The van der Waals surface area contributed by atoms with Crippen LogP contribution in [-0.4, -0.2) is 20.6 Å². The summed E-state index contributed by atoms with van der Waals surface area (Å²) in [6, 6.07) is 4.87. The predicted octanol–water partition coefficient (Wildman–Crippen LogP) is 3.41. The summed E-state index contributed by atoms with van der Waals surface area (Å²) in [4.78, 5) is 11.9. The third-order valence-corrected chi connectivity index (χ3v) is 4.33. The lowest BCUT2D eigenvalue weighted by atomic mass is 10.2. The minimum absolute atomic E-state index is 0.0853. The van der Waals surface area contributed by atoms with Gasteiger partial charge in [-0.3, -0.25) is 4.79 Å². The number of benzene rings is 2. The molecule has 0 spiro atoms. The molecule has 0 heterocycles. The number of nitrogens with one attached hydrogen (secondary N) is 1. The standard InChI is InChI=1S/C14H9ClF3NO3S/c1-23(21,22)7-2-3-9(15)8(6-7)14(20)19-11-5-4-10(16)12(17)13(11)18/h2-6H,1H3,(H,19,20). The molecule has 2 aromatic carbocycles. The molecule has 0 fully saturated rings. The second-order valence-corrected chi connectivity index (χ2v) is 7.01. The van der Waals surface area contributed by atoms with Gasteiger partial charge in [-0.25, -0.2) is 21.6 Å². The van der Waals surface area contributed by atoms with Gasteiger partial charge in [0, 0.05) is 6.26 Å². The quantitative estimate of drug-likeness (QED) is 0.850. The molecular weight excluding hydrogens is 355 g/mol. The van der Waals surface area contributed by atoms with Crippen LogP contribution < -0.4 is 5.32 Å². The Morgan fingerprint density at radius 2 is 1.74 bits per heavy atom. The van der Waals surface area contributed by atoms with Crippen LogP contribution in [0.4, 0.5) is 18.9 Å². The average Bonchev–Trinajstić information content (AvgIpc) is 2.47. The van der Waals surface area contributed by atoms with Gasteiger partial charge in [-0.2, -0.15) is 0 Å². The van der Waals surface area contributed by atoms with Gasteiger partial charge in [0.05, 0.1) is 21.2 Å². The molecule has 0 aliphatic heterocycles.